The number of carbonyl (C=O) groups is 2. The Hall–Kier alpha value is -1.84. The van der Waals surface area contributed by atoms with Crippen molar-refractivity contribution in [2.75, 3.05) is 0 Å². The van der Waals surface area contributed by atoms with E-state index in [2.05, 4.69) is 6.92 Å². The SMILES string of the molecule is CCCC[C@@H]1CC[C@@H](CCCC(=O)CCC)N1C(=O)OCc1ccccc1. The molecule has 1 saturated heterocycles. The number of likely N-dealkylation sites (tertiary alicyclic amines) is 1. The summed E-state index contributed by atoms with van der Waals surface area (Å²) in [6.45, 7) is 4.54. The Bertz CT molecular complexity index is 572. The summed E-state index contributed by atoms with van der Waals surface area (Å²) in [6.07, 6.45) is 9.19. The van der Waals surface area contributed by atoms with Crippen LogP contribution in [0.4, 0.5) is 4.79 Å². The van der Waals surface area contributed by atoms with E-state index in [-0.39, 0.29) is 18.2 Å². The van der Waals surface area contributed by atoms with Crippen molar-refractivity contribution in [2.45, 2.75) is 96.7 Å². The van der Waals surface area contributed by atoms with Gasteiger partial charge in [-0.2, -0.15) is 0 Å². The predicted octanol–water partition coefficient (Wildman–Crippen LogP) is 5.89. The van der Waals surface area contributed by atoms with Crippen LogP contribution in [0.15, 0.2) is 30.3 Å². The average Bonchev–Trinajstić information content (AvgIpc) is 3.08. The molecule has 150 valence electrons. The molecular formula is C23H35NO3. The molecule has 0 aliphatic carbocycles. The Balaban J connectivity index is 1.91. The molecule has 0 spiro atoms. The van der Waals surface area contributed by atoms with E-state index in [1.54, 1.807) is 0 Å². The van der Waals surface area contributed by atoms with Gasteiger partial charge in [-0.1, -0.05) is 57.0 Å². The quantitative estimate of drug-likeness (QED) is 0.486. The fourth-order valence-corrected chi connectivity index (χ4v) is 4.00. The fraction of sp³-hybridized carbons (Fsp3) is 0.652. The molecule has 1 aliphatic rings. The molecule has 0 radical (unpaired) electrons. The first kappa shape index (κ1) is 21.5. The molecule has 1 aromatic carbocycles. The van der Waals surface area contributed by atoms with Gasteiger partial charge in [0.2, 0.25) is 0 Å². The standard InChI is InChI=1S/C23H35NO3/c1-3-5-13-20-16-17-21(14-9-15-22(25)10-4-2)24(20)23(26)27-18-19-11-7-6-8-12-19/h6-8,11-12,20-21H,3-5,9-10,13-18H2,1-2H3/t20-,21-/m1/s1. The fourth-order valence-electron chi connectivity index (χ4n) is 4.00. The number of ether oxygens (including phenoxy) is 1. The normalized spacial score (nSPS) is 19.3. The van der Waals surface area contributed by atoms with Crippen molar-refractivity contribution in [3.63, 3.8) is 0 Å². The zero-order chi connectivity index (χ0) is 19.5. The highest BCUT2D eigenvalue weighted by Gasteiger charge is 2.37. The lowest BCUT2D eigenvalue weighted by Crippen LogP contribution is -2.41. The van der Waals surface area contributed by atoms with Crippen LogP contribution in [0.3, 0.4) is 0 Å². The summed E-state index contributed by atoms with van der Waals surface area (Å²) < 4.78 is 5.64. The van der Waals surface area contributed by atoms with Crippen LogP contribution < -0.4 is 0 Å². The Morgan fingerprint density at radius 2 is 1.63 bits per heavy atom. The second-order valence-electron chi connectivity index (χ2n) is 7.66. The van der Waals surface area contributed by atoms with E-state index in [9.17, 15) is 9.59 Å². The molecule has 4 nitrogen and oxygen atoms in total. The second kappa shape index (κ2) is 11.8. The smallest absolute Gasteiger partial charge is 0.410 e. The summed E-state index contributed by atoms with van der Waals surface area (Å²) in [4.78, 5) is 26.6. The molecule has 2 rings (SSSR count). The highest BCUT2D eigenvalue weighted by atomic mass is 16.6. The molecule has 0 N–H and O–H groups in total. The van der Waals surface area contributed by atoms with E-state index in [1.807, 2.05) is 42.2 Å². The maximum absolute atomic E-state index is 12.8. The minimum atomic E-state index is -0.192. The van der Waals surface area contributed by atoms with Crippen molar-refractivity contribution < 1.29 is 14.3 Å². The van der Waals surface area contributed by atoms with Gasteiger partial charge in [0.15, 0.2) is 0 Å². The predicted molar refractivity (Wildman–Crippen MR) is 109 cm³/mol. The number of benzene rings is 1. The molecule has 27 heavy (non-hydrogen) atoms. The molecule has 1 aliphatic heterocycles. The van der Waals surface area contributed by atoms with Crippen LogP contribution in [0.1, 0.15) is 83.6 Å². The maximum Gasteiger partial charge on any atom is 0.410 e. The summed E-state index contributed by atoms with van der Waals surface area (Å²) in [6, 6.07) is 10.3. The van der Waals surface area contributed by atoms with Gasteiger partial charge in [-0.3, -0.25) is 4.79 Å². The third-order valence-corrected chi connectivity index (χ3v) is 5.45. The van der Waals surface area contributed by atoms with Crippen LogP contribution in [0.25, 0.3) is 0 Å². The topological polar surface area (TPSA) is 46.6 Å². The minimum Gasteiger partial charge on any atom is -0.445 e. The highest BCUT2D eigenvalue weighted by Crippen LogP contribution is 2.31. The number of carbonyl (C=O) groups excluding carboxylic acids is 2. The van der Waals surface area contributed by atoms with Gasteiger partial charge < -0.3 is 9.64 Å². The summed E-state index contributed by atoms with van der Waals surface area (Å²) in [7, 11) is 0. The van der Waals surface area contributed by atoms with E-state index in [4.69, 9.17) is 4.74 Å². The van der Waals surface area contributed by atoms with Gasteiger partial charge in [0.1, 0.15) is 12.4 Å². The van der Waals surface area contributed by atoms with E-state index < -0.39 is 0 Å². The van der Waals surface area contributed by atoms with Gasteiger partial charge in [0.05, 0.1) is 0 Å². The van der Waals surface area contributed by atoms with Crippen molar-refractivity contribution in [2.24, 2.45) is 0 Å². The summed E-state index contributed by atoms with van der Waals surface area (Å²) in [5.41, 5.74) is 1.01. The Kier molecular flexibility index (Phi) is 9.37. The van der Waals surface area contributed by atoms with Crippen LogP contribution in [-0.4, -0.2) is 28.9 Å². The highest BCUT2D eigenvalue weighted by molar-refractivity contribution is 5.78. The molecule has 0 unspecified atom stereocenters. The van der Waals surface area contributed by atoms with Gasteiger partial charge in [-0.05, 0) is 44.1 Å². The summed E-state index contributed by atoms with van der Waals surface area (Å²) in [5, 5.41) is 0. The largest absolute Gasteiger partial charge is 0.445 e. The minimum absolute atomic E-state index is 0.192. The van der Waals surface area contributed by atoms with Crippen LogP contribution >= 0.6 is 0 Å². The number of hydrogen-bond donors (Lipinski definition) is 0. The molecule has 1 fully saturated rings. The molecule has 0 bridgehead atoms. The van der Waals surface area contributed by atoms with Gasteiger partial charge in [-0.15, -0.1) is 0 Å². The van der Waals surface area contributed by atoms with E-state index >= 15 is 0 Å². The second-order valence-corrected chi connectivity index (χ2v) is 7.66. The number of ketones is 1. The third kappa shape index (κ3) is 7.00. The van der Waals surface area contributed by atoms with Gasteiger partial charge in [0, 0.05) is 24.9 Å². The molecule has 4 heteroatoms. The summed E-state index contributed by atoms with van der Waals surface area (Å²) in [5.74, 6) is 0.344. The first-order valence-electron chi connectivity index (χ1n) is 10.7. The molecule has 2 atom stereocenters. The zero-order valence-corrected chi connectivity index (χ0v) is 17.0. The molecular weight excluding hydrogens is 338 g/mol. The number of nitrogens with zero attached hydrogens (tertiary/aromatic N) is 1. The zero-order valence-electron chi connectivity index (χ0n) is 17.0. The summed E-state index contributed by atoms with van der Waals surface area (Å²) >= 11 is 0. The van der Waals surface area contributed by atoms with Gasteiger partial charge in [0.25, 0.3) is 0 Å². The average molecular weight is 374 g/mol. The molecule has 1 aromatic rings. The van der Waals surface area contributed by atoms with Crippen LogP contribution in [0.5, 0.6) is 0 Å². The number of unbranched alkanes of at least 4 members (excludes halogenated alkanes) is 1. The first-order chi connectivity index (χ1) is 13.2. The number of amides is 1. The van der Waals surface area contributed by atoms with Crippen molar-refractivity contribution in [3.8, 4) is 0 Å². The molecule has 0 saturated carbocycles. The Morgan fingerprint density at radius 1 is 0.963 bits per heavy atom. The van der Waals surface area contributed by atoms with Crippen molar-refractivity contribution in [1.29, 1.82) is 0 Å². The molecule has 0 aromatic heterocycles. The Labute approximate surface area is 164 Å². The number of hydrogen-bond acceptors (Lipinski definition) is 3. The lowest BCUT2D eigenvalue weighted by atomic mass is 10.0. The van der Waals surface area contributed by atoms with E-state index in [0.29, 0.717) is 25.2 Å². The van der Waals surface area contributed by atoms with Gasteiger partial charge in [-0.25, -0.2) is 4.79 Å². The van der Waals surface area contributed by atoms with Crippen LogP contribution in [0, 0.1) is 0 Å². The number of Topliss-reactive ketones (excluding diaryl/α,β-unsaturated/α-hetero) is 1. The van der Waals surface area contributed by atoms with E-state index in [0.717, 1.165) is 56.9 Å². The molecule has 1 heterocycles. The third-order valence-electron chi connectivity index (χ3n) is 5.45. The van der Waals surface area contributed by atoms with Crippen LogP contribution in [0.2, 0.25) is 0 Å². The molecule has 1 amide bonds. The number of rotatable bonds is 11. The maximum atomic E-state index is 12.8. The lowest BCUT2D eigenvalue weighted by Gasteiger charge is -2.30. The van der Waals surface area contributed by atoms with Crippen molar-refractivity contribution in [1.82, 2.24) is 4.90 Å². The Morgan fingerprint density at radius 3 is 2.26 bits per heavy atom. The van der Waals surface area contributed by atoms with Crippen molar-refractivity contribution >= 4 is 11.9 Å². The first-order valence-corrected chi connectivity index (χ1v) is 10.7. The van der Waals surface area contributed by atoms with E-state index in [1.165, 1.54) is 0 Å². The van der Waals surface area contributed by atoms with Gasteiger partial charge >= 0.3 is 6.09 Å². The monoisotopic (exact) mass is 373 g/mol. The van der Waals surface area contributed by atoms with Crippen LogP contribution in [-0.2, 0) is 16.1 Å². The lowest BCUT2D eigenvalue weighted by molar-refractivity contribution is -0.119. The van der Waals surface area contributed by atoms with Crippen molar-refractivity contribution in [3.05, 3.63) is 35.9 Å².